The van der Waals surface area contributed by atoms with Crippen molar-refractivity contribution in [3.63, 3.8) is 0 Å². The minimum Gasteiger partial charge on any atom is -0.309 e. The average Bonchev–Trinajstić information content (AvgIpc) is 3.89. The van der Waals surface area contributed by atoms with Crippen molar-refractivity contribution in [1.29, 1.82) is 0 Å². The summed E-state index contributed by atoms with van der Waals surface area (Å²) in [7, 11) is 0. The Morgan fingerprint density at radius 2 is 0.968 bits per heavy atom. The van der Waals surface area contributed by atoms with E-state index in [4.69, 9.17) is 4.98 Å². The number of benzene rings is 9. The van der Waals surface area contributed by atoms with Gasteiger partial charge in [0, 0.05) is 49.3 Å². The highest BCUT2D eigenvalue weighted by molar-refractivity contribution is 6.17. The van der Waals surface area contributed by atoms with Crippen LogP contribution >= 0.6 is 0 Å². The molecule has 3 heterocycles. The smallest absolute Gasteiger partial charge is 0.0756 e. The van der Waals surface area contributed by atoms with E-state index >= 15 is 0 Å². The number of fused-ring (bicyclic) bond motifs is 11. The maximum Gasteiger partial charge on any atom is 0.0756 e. The lowest BCUT2D eigenvalue weighted by atomic mass is 9.83. The van der Waals surface area contributed by atoms with Gasteiger partial charge in [-0.2, -0.15) is 0 Å². The molecule has 12 aromatic rings. The second-order valence-corrected chi connectivity index (χ2v) is 17.6. The summed E-state index contributed by atoms with van der Waals surface area (Å²) >= 11 is 0. The molecule has 1 aliphatic rings. The summed E-state index contributed by atoms with van der Waals surface area (Å²) in [6, 6.07) is 71.5. The number of hydrogen-bond donors (Lipinski definition) is 0. The SMILES string of the molecule is Cc1c(-c2ccc3c(c2)c2ccccc2n3-c2ccccc2)nc2c(c1-n1c3cc4ccccc4cc3c3cc4ccccc4cc31)-c1ccc(-c3ccccc3)cc1C2(C)C. The van der Waals surface area contributed by atoms with Crippen molar-refractivity contribution in [2.75, 3.05) is 0 Å². The molecule has 0 N–H and O–H groups in total. The molecule has 1 aliphatic carbocycles. The molecule has 0 saturated heterocycles. The Kier molecular flexibility index (Phi) is 7.28. The van der Waals surface area contributed by atoms with Crippen molar-refractivity contribution in [2.45, 2.75) is 26.2 Å². The number of para-hydroxylation sites is 2. The summed E-state index contributed by atoms with van der Waals surface area (Å²) in [6.45, 7) is 7.04. The van der Waals surface area contributed by atoms with Crippen LogP contribution in [0.15, 0.2) is 194 Å². The highest BCUT2D eigenvalue weighted by atomic mass is 15.0. The third-order valence-electron chi connectivity index (χ3n) is 13.8. The monoisotopic (exact) mass is 791 g/mol. The fraction of sp³-hybridized carbons (Fsp3) is 0.0678. The van der Waals surface area contributed by atoms with Crippen LogP contribution in [0.25, 0.3) is 110 Å². The zero-order chi connectivity index (χ0) is 41.3. The van der Waals surface area contributed by atoms with E-state index in [0.29, 0.717) is 0 Å². The van der Waals surface area contributed by atoms with Gasteiger partial charge in [0.05, 0.1) is 39.1 Å². The molecule has 0 radical (unpaired) electrons. The van der Waals surface area contributed by atoms with Crippen molar-refractivity contribution < 1.29 is 0 Å². The van der Waals surface area contributed by atoms with Gasteiger partial charge in [-0.1, -0.05) is 147 Å². The van der Waals surface area contributed by atoms with E-state index in [0.717, 1.165) is 28.2 Å². The van der Waals surface area contributed by atoms with Gasteiger partial charge in [0.1, 0.15) is 0 Å². The summed E-state index contributed by atoms with van der Waals surface area (Å²) in [6.07, 6.45) is 0. The molecule has 0 atom stereocenters. The molecule has 0 unspecified atom stereocenters. The van der Waals surface area contributed by atoms with Crippen molar-refractivity contribution in [2.24, 2.45) is 0 Å². The fourth-order valence-electron chi connectivity index (χ4n) is 10.8. The molecule has 292 valence electrons. The van der Waals surface area contributed by atoms with Crippen molar-refractivity contribution in [3.05, 3.63) is 211 Å². The highest BCUT2D eigenvalue weighted by Gasteiger charge is 2.41. The molecule has 0 spiro atoms. The van der Waals surface area contributed by atoms with Gasteiger partial charge >= 0.3 is 0 Å². The molecule has 0 fully saturated rings. The summed E-state index contributed by atoms with van der Waals surface area (Å²) in [5.74, 6) is 0. The Morgan fingerprint density at radius 3 is 1.65 bits per heavy atom. The van der Waals surface area contributed by atoms with E-state index in [1.54, 1.807) is 0 Å². The fourth-order valence-corrected chi connectivity index (χ4v) is 10.8. The average molecular weight is 792 g/mol. The molecule has 3 heteroatoms. The molecular formula is C59H41N3. The number of rotatable bonds is 4. The van der Waals surface area contributed by atoms with Crippen LogP contribution in [-0.2, 0) is 5.41 Å². The molecular weight excluding hydrogens is 751 g/mol. The first-order valence-electron chi connectivity index (χ1n) is 21.6. The summed E-state index contributed by atoms with van der Waals surface area (Å²) in [4.78, 5) is 5.86. The molecule has 9 aromatic carbocycles. The quantitative estimate of drug-likeness (QED) is 0.174. The topological polar surface area (TPSA) is 22.8 Å². The largest absolute Gasteiger partial charge is 0.309 e. The van der Waals surface area contributed by atoms with Gasteiger partial charge in [-0.3, -0.25) is 4.98 Å². The number of hydrogen-bond acceptors (Lipinski definition) is 1. The first-order chi connectivity index (χ1) is 30.4. The van der Waals surface area contributed by atoms with Crippen molar-refractivity contribution >= 4 is 65.2 Å². The lowest BCUT2D eigenvalue weighted by molar-refractivity contribution is 0.637. The van der Waals surface area contributed by atoms with Gasteiger partial charge in [0.2, 0.25) is 0 Å². The van der Waals surface area contributed by atoms with E-state index in [2.05, 4.69) is 224 Å². The Bertz CT molecular complexity index is 3740. The van der Waals surface area contributed by atoms with Crippen LogP contribution in [-0.4, -0.2) is 14.1 Å². The Morgan fingerprint density at radius 1 is 0.419 bits per heavy atom. The normalized spacial score (nSPS) is 13.2. The van der Waals surface area contributed by atoms with E-state index in [1.807, 2.05) is 0 Å². The van der Waals surface area contributed by atoms with Gasteiger partial charge in [-0.15, -0.1) is 0 Å². The second-order valence-electron chi connectivity index (χ2n) is 17.6. The van der Waals surface area contributed by atoms with Gasteiger partial charge in [-0.05, 0) is 111 Å². The number of pyridine rings is 1. The molecule has 0 aliphatic heterocycles. The van der Waals surface area contributed by atoms with Crippen LogP contribution < -0.4 is 0 Å². The Hall–Kier alpha value is -7.75. The third kappa shape index (κ3) is 4.91. The lowest BCUT2D eigenvalue weighted by Gasteiger charge is -2.24. The first kappa shape index (κ1) is 35.0. The van der Waals surface area contributed by atoms with Crippen LogP contribution in [0.5, 0.6) is 0 Å². The van der Waals surface area contributed by atoms with E-state index in [9.17, 15) is 0 Å². The van der Waals surface area contributed by atoms with Crippen LogP contribution in [0.2, 0.25) is 0 Å². The van der Waals surface area contributed by atoms with Crippen LogP contribution in [0.1, 0.15) is 30.7 Å². The van der Waals surface area contributed by atoms with E-state index < -0.39 is 0 Å². The zero-order valence-electron chi connectivity index (χ0n) is 34.8. The summed E-state index contributed by atoms with van der Waals surface area (Å²) in [5, 5.41) is 9.90. The Balaban J connectivity index is 1.16. The summed E-state index contributed by atoms with van der Waals surface area (Å²) in [5.41, 5.74) is 17.3. The molecule has 62 heavy (non-hydrogen) atoms. The van der Waals surface area contributed by atoms with Gasteiger partial charge < -0.3 is 9.13 Å². The predicted molar refractivity (Wildman–Crippen MR) is 261 cm³/mol. The van der Waals surface area contributed by atoms with Crippen LogP contribution in [0.4, 0.5) is 0 Å². The number of nitrogens with zero attached hydrogens (tertiary/aromatic N) is 3. The van der Waals surface area contributed by atoms with E-state index in [1.165, 1.54) is 98.7 Å². The van der Waals surface area contributed by atoms with Crippen LogP contribution in [0, 0.1) is 6.92 Å². The third-order valence-corrected chi connectivity index (χ3v) is 13.8. The standard InChI is InChI=1S/C59H41N3/c1-36-56(43-27-29-52-47(32-43)45-24-14-15-25-51(45)61(52)44-22-8-5-9-23-44)60-58-55(46-28-26-42(33-50(46)59(58,2)3)37-16-6-4-7-17-37)57(36)62-53-34-40-20-12-10-18-38(40)30-48(53)49-31-39-19-11-13-21-41(39)35-54(49)62/h4-35H,1-3H3. The molecule has 0 saturated carbocycles. The maximum absolute atomic E-state index is 5.86. The zero-order valence-corrected chi connectivity index (χ0v) is 34.8. The lowest BCUT2D eigenvalue weighted by Crippen LogP contribution is -2.18. The minimum atomic E-state index is -0.377. The first-order valence-corrected chi connectivity index (χ1v) is 21.6. The molecule has 13 rings (SSSR count). The van der Waals surface area contributed by atoms with Gasteiger partial charge in [-0.25, -0.2) is 0 Å². The predicted octanol–water partition coefficient (Wildman–Crippen LogP) is 15.5. The van der Waals surface area contributed by atoms with Crippen molar-refractivity contribution in [1.82, 2.24) is 14.1 Å². The van der Waals surface area contributed by atoms with Gasteiger partial charge in [0.15, 0.2) is 0 Å². The summed E-state index contributed by atoms with van der Waals surface area (Å²) < 4.78 is 4.97. The molecule has 0 bridgehead atoms. The van der Waals surface area contributed by atoms with Gasteiger partial charge in [0.25, 0.3) is 0 Å². The molecule has 3 aromatic heterocycles. The van der Waals surface area contributed by atoms with E-state index in [-0.39, 0.29) is 5.41 Å². The maximum atomic E-state index is 5.86. The highest BCUT2D eigenvalue weighted by Crippen LogP contribution is 2.54. The number of aromatic nitrogens is 3. The molecule has 0 amide bonds. The van der Waals surface area contributed by atoms with Crippen molar-refractivity contribution in [3.8, 4) is 44.9 Å². The molecule has 3 nitrogen and oxygen atoms in total. The van der Waals surface area contributed by atoms with Crippen LogP contribution in [0.3, 0.4) is 0 Å². The second kappa shape index (κ2) is 12.9. The Labute approximate surface area is 359 Å². The minimum absolute atomic E-state index is 0.377.